The van der Waals surface area contributed by atoms with Crippen molar-refractivity contribution >= 4 is 29.3 Å². The molecule has 0 spiro atoms. The molecular formula is C47H79N3O13. The van der Waals surface area contributed by atoms with E-state index in [1.165, 1.54) is 83.5 Å². The number of nitrogens with zero attached hydrogens (tertiary/aromatic N) is 1. The lowest BCUT2D eigenvalue weighted by molar-refractivity contribution is -0.136. The van der Waals surface area contributed by atoms with Crippen molar-refractivity contribution in [3.8, 4) is 0 Å². The van der Waals surface area contributed by atoms with Gasteiger partial charge < -0.3 is 47.9 Å². The second-order valence-corrected chi connectivity index (χ2v) is 15.7. The number of rotatable bonds is 44. The van der Waals surface area contributed by atoms with Crippen molar-refractivity contribution in [2.75, 3.05) is 131 Å². The molecule has 2 aliphatic rings. The largest absolute Gasteiger partial charge is 0.382 e. The van der Waals surface area contributed by atoms with Crippen molar-refractivity contribution in [1.29, 1.82) is 0 Å². The van der Waals surface area contributed by atoms with E-state index in [1.807, 2.05) is 0 Å². The molecular weight excluding hydrogens is 815 g/mol. The van der Waals surface area contributed by atoms with E-state index in [9.17, 15) is 19.2 Å². The van der Waals surface area contributed by atoms with Crippen molar-refractivity contribution < 1.29 is 61.8 Å². The summed E-state index contributed by atoms with van der Waals surface area (Å²) < 4.78 is 50.1. The van der Waals surface area contributed by atoms with E-state index in [0.29, 0.717) is 125 Å². The first-order valence-electron chi connectivity index (χ1n) is 23.8. The van der Waals surface area contributed by atoms with Crippen LogP contribution in [0.1, 0.15) is 130 Å². The van der Waals surface area contributed by atoms with Gasteiger partial charge in [0.2, 0.25) is 11.8 Å². The number of imide groups is 2. The summed E-state index contributed by atoms with van der Waals surface area (Å²) in [5, 5.41) is 5.35. The minimum Gasteiger partial charge on any atom is -0.382 e. The van der Waals surface area contributed by atoms with Gasteiger partial charge in [-0.3, -0.25) is 29.4 Å². The third-order valence-corrected chi connectivity index (χ3v) is 10.6. The van der Waals surface area contributed by atoms with Gasteiger partial charge in [-0.1, -0.05) is 96.5 Å². The Morgan fingerprint density at radius 2 is 0.905 bits per heavy atom. The quantitative estimate of drug-likeness (QED) is 0.0565. The summed E-state index contributed by atoms with van der Waals surface area (Å²) in [6.07, 6.45) is 19.3. The third-order valence-electron chi connectivity index (χ3n) is 10.6. The SMILES string of the molecule is CCCCCCCCCCCCCCCCOCCOCCOCCOCCOCCOCCOCCOCCOCCNc1cccc2c1C(=O)N(C1CCC(=O)NC1=O)C2=O. The van der Waals surface area contributed by atoms with Crippen molar-refractivity contribution in [3.05, 3.63) is 29.3 Å². The lowest BCUT2D eigenvalue weighted by atomic mass is 10.0. The Morgan fingerprint density at radius 3 is 1.33 bits per heavy atom. The molecule has 0 bridgehead atoms. The molecule has 1 unspecified atom stereocenters. The fraction of sp³-hybridized carbons (Fsp3) is 0.787. The highest BCUT2D eigenvalue weighted by Gasteiger charge is 2.45. The highest BCUT2D eigenvalue weighted by molar-refractivity contribution is 6.25. The molecule has 0 aromatic heterocycles. The van der Waals surface area contributed by atoms with E-state index in [2.05, 4.69) is 17.6 Å². The van der Waals surface area contributed by atoms with Crippen LogP contribution >= 0.6 is 0 Å². The van der Waals surface area contributed by atoms with Crippen LogP contribution in [0.5, 0.6) is 0 Å². The zero-order valence-electron chi connectivity index (χ0n) is 38.3. The number of nitrogens with one attached hydrogen (secondary N) is 2. The molecule has 4 amide bonds. The molecule has 1 aromatic rings. The maximum absolute atomic E-state index is 13.2. The molecule has 360 valence electrons. The van der Waals surface area contributed by atoms with Crippen LogP contribution in [0, 0.1) is 0 Å². The highest BCUT2D eigenvalue weighted by Crippen LogP contribution is 2.32. The van der Waals surface area contributed by atoms with Crippen molar-refractivity contribution in [2.45, 2.75) is 116 Å². The minimum absolute atomic E-state index is 0.0684. The van der Waals surface area contributed by atoms with Gasteiger partial charge in [0.05, 0.1) is 123 Å². The molecule has 63 heavy (non-hydrogen) atoms. The number of benzene rings is 1. The number of hydrogen-bond donors (Lipinski definition) is 2. The molecule has 2 heterocycles. The number of carbonyl (C=O) groups is 4. The molecule has 2 N–H and O–H groups in total. The van der Waals surface area contributed by atoms with Gasteiger partial charge in [-0.25, -0.2) is 0 Å². The minimum atomic E-state index is -1.01. The predicted octanol–water partition coefficient (Wildman–Crippen LogP) is 6.13. The Labute approximate surface area is 376 Å². The number of fused-ring (bicyclic) bond motifs is 1. The third kappa shape index (κ3) is 24.7. The number of carbonyl (C=O) groups excluding carboxylic acids is 4. The monoisotopic (exact) mass is 894 g/mol. The van der Waals surface area contributed by atoms with Crippen LogP contribution in [-0.4, -0.2) is 160 Å². The standard InChI is InChI=1S/C47H79N3O13/c1-2-3-4-5-6-7-8-9-10-11-12-13-14-15-22-55-24-26-57-28-30-59-32-34-61-36-38-63-39-37-62-35-33-60-31-29-58-27-25-56-23-21-48-41-18-16-17-40-44(41)47(54)50(46(40)53)42-19-20-43(51)49-45(42)52/h16-18,42,48H,2-15,19-39H2,1H3,(H,49,51,52). The molecule has 1 aromatic carbocycles. The van der Waals surface area contributed by atoms with E-state index in [0.717, 1.165) is 17.9 Å². The van der Waals surface area contributed by atoms with Gasteiger partial charge in [-0.15, -0.1) is 0 Å². The van der Waals surface area contributed by atoms with Crippen LogP contribution in [0.2, 0.25) is 0 Å². The second kappa shape index (κ2) is 37.2. The average molecular weight is 894 g/mol. The first kappa shape index (κ1) is 54.3. The Bertz CT molecular complexity index is 1370. The zero-order valence-corrected chi connectivity index (χ0v) is 38.3. The Balaban J connectivity index is 0.958. The van der Waals surface area contributed by atoms with E-state index < -0.39 is 29.7 Å². The van der Waals surface area contributed by atoms with E-state index >= 15 is 0 Å². The summed E-state index contributed by atoms with van der Waals surface area (Å²) in [6.45, 7) is 11.7. The van der Waals surface area contributed by atoms with Crippen LogP contribution in [0.4, 0.5) is 5.69 Å². The van der Waals surface area contributed by atoms with Crippen molar-refractivity contribution in [1.82, 2.24) is 10.2 Å². The first-order valence-corrected chi connectivity index (χ1v) is 23.8. The number of ether oxygens (including phenoxy) is 9. The van der Waals surface area contributed by atoms with Gasteiger partial charge in [0, 0.05) is 25.3 Å². The maximum atomic E-state index is 13.2. The van der Waals surface area contributed by atoms with Crippen LogP contribution in [0.25, 0.3) is 0 Å². The number of piperidine rings is 1. The maximum Gasteiger partial charge on any atom is 0.264 e. The topological polar surface area (TPSA) is 179 Å². The fourth-order valence-corrected chi connectivity index (χ4v) is 7.18. The Kier molecular flexibility index (Phi) is 32.0. The van der Waals surface area contributed by atoms with Crippen molar-refractivity contribution in [2.24, 2.45) is 0 Å². The highest BCUT2D eigenvalue weighted by atomic mass is 16.6. The van der Waals surface area contributed by atoms with E-state index in [4.69, 9.17) is 42.6 Å². The summed E-state index contributed by atoms with van der Waals surface area (Å²) in [6, 6.07) is 3.92. The second-order valence-electron chi connectivity index (χ2n) is 15.7. The molecule has 1 fully saturated rings. The lowest BCUT2D eigenvalue weighted by Crippen LogP contribution is -2.54. The zero-order chi connectivity index (χ0) is 44.8. The first-order chi connectivity index (χ1) is 31.0. The molecule has 0 aliphatic carbocycles. The molecule has 0 radical (unpaired) electrons. The summed E-state index contributed by atoms with van der Waals surface area (Å²) in [5.74, 6) is -2.15. The number of anilines is 1. The lowest BCUT2D eigenvalue weighted by Gasteiger charge is -2.27. The fourth-order valence-electron chi connectivity index (χ4n) is 7.18. The van der Waals surface area contributed by atoms with Gasteiger partial charge in [0.1, 0.15) is 6.04 Å². The summed E-state index contributed by atoms with van der Waals surface area (Å²) >= 11 is 0. The molecule has 1 saturated heterocycles. The predicted molar refractivity (Wildman–Crippen MR) is 239 cm³/mol. The number of unbranched alkanes of at least 4 members (excludes halogenated alkanes) is 13. The smallest absolute Gasteiger partial charge is 0.264 e. The van der Waals surface area contributed by atoms with Crippen LogP contribution in [0.15, 0.2) is 18.2 Å². The van der Waals surface area contributed by atoms with Gasteiger partial charge in [0.15, 0.2) is 0 Å². The van der Waals surface area contributed by atoms with E-state index in [-0.39, 0.29) is 24.0 Å². The molecule has 1 atom stereocenters. The van der Waals surface area contributed by atoms with Crippen molar-refractivity contribution in [3.63, 3.8) is 0 Å². The van der Waals surface area contributed by atoms with E-state index in [1.54, 1.807) is 18.2 Å². The summed E-state index contributed by atoms with van der Waals surface area (Å²) in [5.41, 5.74) is 0.920. The van der Waals surface area contributed by atoms with Crippen LogP contribution in [0.3, 0.4) is 0 Å². The Hall–Kier alpha value is -3.06. The summed E-state index contributed by atoms with van der Waals surface area (Å²) in [7, 11) is 0. The van der Waals surface area contributed by atoms with Crippen LogP contribution in [-0.2, 0) is 52.2 Å². The molecule has 0 saturated carbocycles. The number of amides is 4. The molecule has 16 heteroatoms. The Morgan fingerprint density at radius 1 is 0.508 bits per heavy atom. The van der Waals surface area contributed by atoms with Crippen LogP contribution < -0.4 is 10.6 Å². The molecule has 2 aliphatic heterocycles. The molecule has 3 rings (SSSR count). The summed E-state index contributed by atoms with van der Waals surface area (Å²) in [4.78, 5) is 50.9. The van der Waals surface area contributed by atoms with Gasteiger partial charge in [0.25, 0.3) is 11.8 Å². The van der Waals surface area contributed by atoms with Gasteiger partial charge in [-0.05, 0) is 25.0 Å². The molecule has 16 nitrogen and oxygen atoms in total. The van der Waals surface area contributed by atoms with Gasteiger partial charge in [-0.2, -0.15) is 0 Å². The average Bonchev–Trinajstić information content (AvgIpc) is 3.54. The number of hydrogen-bond acceptors (Lipinski definition) is 14. The van der Waals surface area contributed by atoms with Gasteiger partial charge >= 0.3 is 0 Å². The normalized spacial score (nSPS) is 15.1.